The van der Waals surface area contributed by atoms with E-state index in [0.717, 1.165) is 16.1 Å². The normalized spacial score (nSPS) is 11.1. The van der Waals surface area contributed by atoms with E-state index < -0.39 is 0 Å². The smallest absolute Gasteiger partial charge is 0.265 e. The van der Waals surface area contributed by atoms with Crippen LogP contribution in [0.2, 0.25) is 0 Å². The molecule has 130 valence electrons. The average molecular weight is 386 g/mol. The summed E-state index contributed by atoms with van der Waals surface area (Å²) < 4.78 is 3.63. The molecule has 1 amide bonds. The Morgan fingerprint density at radius 3 is 2.22 bits per heavy atom. The maximum atomic E-state index is 12.7. The Balaban J connectivity index is 1.39. The lowest BCUT2D eigenvalue weighted by atomic mass is 10.1. The van der Waals surface area contributed by atoms with Crippen molar-refractivity contribution < 1.29 is 4.79 Å². The van der Waals surface area contributed by atoms with Gasteiger partial charge in [0.25, 0.3) is 5.91 Å². The summed E-state index contributed by atoms with van der Waals surface area (Å²) >= 11 is 3.30. The highest BCUT2D eigenvalue weighted by atomic mass is 32.1. The van der Waals surface area contributed by atoms with E-state index in [2.05, 4.69) is 35.6 Å². The zero-order chi connectivity index (χ0) is 18.2. The largest absolute Gasteiger partial charge is 0.321 e. The molecular weight excluding hydrogens is 370 g/mol. The van der Waals surface area contributed by atoms with Crippen LogP contribution in [-0.4, -0.2) is 5.91 Å². The summed E-state index contributed by atoms with van der Waals surface area (Å²) in [6, 6.07) is 28.5. The van der Waals surface area contributed by atoms with Gasteiger partial charge in [-0.25, -0.2) is 0 Å². The number of hydrogen-bond donors (Lipinski definition) is 1. The van der Waals surface area contributed by atoms with E-state index in [1.165, 1.54) is 25.0 Å². The lowest BCUT2D eigenvalue weighted by molar-refractivity contribution is 0.103. The van der Waals surface area contributed by atoms with Crippen molar-refractivity contribution in [3.05, 3.63) is 89.8 Å². The second-order valence-electron chi connectivity index (χ2n) is 6.30. The fourth-order valence-corrected chi connectivity index (χ4v) is 5.60. The van der Waals surface area contributed by atoms with Crippen LogP contribution in [0.5, 0.6) is 0 Å². The number of carbonyl (C=O) groups is 1. The number of amides is 1. The molecule has 27 heavy (non-hydrogen) atoms. The van der Waals surface area contributed by atoms with Crippen LogP contribution in [0.3, 0.4) is 0 Å². The minimum absolute atomic E-state index is 0.0556. The van der Waals surface area contributed by atoms with Crippen molar-refractivity contribution in [3.8, 4) is 11.1 Å². The van der Waals surface area contributed by atoms with Gasteiger partial charge in [0, 0.05) is 20.5 Å². The van der Waals surface area contributed by atoms with Crippen LogP contribution in [-0.2, 0) is 0 Å². The predicted octanol–water partition coefficient (Wildman–Crippen LogP) is 7.04. The van der Waals surface area contributed by atoms with Crippen LogP contribution in [0.15, 0.2) is 84.9 Å². The molecule has 2 aromatic heterocycles. The highest BCUT2D eigenvalue weighted by molar-refractivity contribution is 7.33. The highest BCUT2D eigenvalue weighted by Gasteiger charge is 2.14. The first-order valence-corrected chi connectivity index (χ1v) is 10.3. The Morgan fingerprint density at radius 1 is 0.704 bits per heavy atom. The summed E-state index contributed by atoms with van der Waals surface area (Å²) in [4.78, 5) is 13.4. The third kappa shape index (κ3) is 3.03. The molecule has 0 aliphatic rings. The molecule has 0 atom stereocenters. The third-order valence-electron chi connectivity index (χ3n) is 4.52. The van der Waals surface area contributed by atoms with Crippen LogP contribution in [0.1, 0.15) is 9.67 Å². The van der Waals surface area contributed by atoms with Gasteiger partial charge < -0.3 is 5.32 Å². The van der Waals surface area contributed by atoms with Gasteiger partial charge in [-0.05, 0) is 35.4 Å². The summed E-state index contributed by atoms with van der Waals surface area (Å²) in [6.07, 6.45) is 0. The number of thiophene rings is 2. The number of carbonyl (C=O) groups excluding carboxylic acids is 1. The standard InChI is InChI=1S/C23H15NOS2/c25-23(21-14-20-22(27-21)18-8-4-5-9-19(18)26-20)24-17-12-10-16(11-13-17)15-6-2-1-3-7-15/h1-14H,(H,24,25). The number of hydrogen-bond acceptors (Lipinski definition) is 3. The van der Waals surface area contributed by atoms with Crippen LogP contribution in [0, 0.1) is 0 Å². The minimum atomic E-state index is -0.0556. The van der Waals surface area contributed by atoms with Crippen LogP contribution >= 0.6 is 22.7 Å². The molecule has 2 heterocycles. The van der Waals surface area contributed by atoms with Gasteiger partial charge in [0.2, 0.25) is 0 Å². The summed E-state index contributed by atoms with van der Waals surface area (Å²) in [5, 5.41) is 4.24. The molecule has 0 saturated carbocycles. The summed E-state index contributed by atoms with van der Waals surface area (Å²) in [5.41, 5.74) is 3.11. The van der Waals surface area contributed by atoms with E-state index in [1.54, 1.807) is 22.7 Å². The van der Waals surface area contributed by atoms with Crippen molar-refractivity contribution in [1.29, 1.82) is 0 Å². The van der Waals surface area contributed by atoms with E-state index in [0.29, 0.717) is 0 Å². The molecule has 0 aliphatic heterocycles. The minimum Gasteiger partial charge on any atom is -0.321 e. The molecular formula is C23H15NOS2. The van der Waals surface area contributed by atoms with Gasteiger partial charge in [0.1, 0.15) is 0 Å². The zero-order valence-corrected chi connectivity index (χ0v) is 15.9. The van der Waals surface area contributed by atoms with Gasteiger partial charge in [-0.2, -0.15) is 0 Å². The maximum absolute atomic E-state index is 12.7. The molecule has 5 aromatic rings. The molecule has 0 aliphatic carbocycles. The SMILES string of the molecule is O=C(Nc1ccc(-c2ccccc2)cc1)c1cc2sc3ccccc3c2s1. The van der Waals surface area contributed by atoms with Gasteiger partial charge in [-0.3, -0.25) is 4.79 Å². The number of fused-ring (bicyclic) bond motifs is 3. The van der Waals surface area contributed by atoms with Gasteiger partial charge in [-0.1, -0.05) is 60.7 Å². The lowest BCUT2D eigenvalue weighted by Gasteiger charge is -2.06. The van der Waals surface area contributed by atoms with E-state index in [1.807, 2.05) is 54.6 Å². The second-order valence-corrected chi connectivity index (χ2v) is 8.44. The molecule has 2 nitrogen and oxygen atoms in total. The van der Waals surface area contributed by atoms with Crippen LogP contribution in [0.25, 0.3) is 30.6 Å². The highest BCUT2D eigenvalue weighted by Crippen LogP contribution is 2.39. The summed E-state index contributed by atoms with van der Waals surface area (Å²) in [7, 11) is 0. The average Bonchev–Trinajstić information content (AvgIpc) is 3.27. The Morgan fingerprint density at radius 2 is 1.41 bits per heavy atom. The van der Waals surface area contributed by atoms with Gasteiger partial charge in [0.15, 0.2) is 0 Å². The van der Waals surface area contributed by atoms with Crippen molar-refractivity contribution in [3.63, 3.8) is 0 Å². The molecule has 1 N–H and O–H groups in total. The first-order chi connectivity index (χ1) is 13.3. The molecule has 0 radical (unpaired) electrons. The fraction of sp³-hybridized carbons (Fsp3) is 0. The summed E-state index contributed by atoms with van der Waals surface area (Å²) in [5.74, 6) is -0.0556. The molecule has 0 bridgehead atoms. The van der Waals surface area contributed by atoms with E-state index in [4.69, 9.17) is 0 Å². The molecule has 0 unspecified atom stereocenters. The topological polar surface area (TPSA) is 29.1 Å². The van der Waals surface area contributed by atoms with Crippen LogP contribution < -0.4 is 5.32 Å². The van der Waals surface area contributed by atoms with Gasteiger partial charge in [0.05, 0.1) is 9.58 Å². The first kappa shape index (κ1) is 16.2. The van der Waals surface area contributed by atoms with Crippen molar-refractivity contribution in [2.45, 2.75) is 0 Å². The molecule has 4 heteroatoms. The molecule has 0 spiro atoms. The van der Waals surface area contributed by atoms with Crippen LogP contribution in [0.4, 0.5) is 5.69 Å². The Hall–Kier alpha value is -2.95. The second kappa shape index (κ2) is 6.65. The maximum Gasteiger partial charge on any atom is 0.265 e. The quantitative estimate of drug-likeness (QED) is 0.355. The number of rotatable bonds is 3. The third-order valence-corrected chi connectivity index (χ3v) is 6.94. The first-order valence-electron chi connectivity index (χ1n) is 8.66. The number of benzene rings is 3. The Bertz CT molecular complexity index is 1250. The molecule has 3 aromatic carbocycles. The van der Waals surface area contributed by atoms with Gasteiger partial charge in [-0.15, -0.1) is 22.7 Å². The number of nitrogens with one attached hydrogen (secondary N) is 1. The number of anilines is 1. The van der Waals surface area contributed by atoms with Crippen molar-refractivity contribution in [2.24, 2.45) is 0 Å². The monoisotopic (exact) mass is 385 g/mol. The van der Waals surface area contributed by atoms with E-state index in [9.17, 15) is 4.79 Å². The Labute approximate surface area is 164 Å². The van der Waals surface area contributed by atoms with E-state index in [-0.39, 0.29) is 5.91 Å². The van der Waals surface area contributed by atoms with Gasteiger partial charge >= 0.3 is 0 Å². The lowest BCUT2D eigenvalue weighted by Crippen LogP contribution is -2.09. The van der Waals surface area contributed by atoms with Crippen molar-refractivity contribution in [2.75, 3.05) is 5.32 Å². The summed E-state index contributed by atoms with van der Waals surface area (Å²) in [6.45, 7) is 0. The Kier molecular flexibility index (Phi) is 4.00. The van der Waals surface area contributed by atoms with E-state index >= 15 is 0 Å². The fourth-order valence-electron chi connectivity index (χ4n) is 3.18. The van der Waals surface area contributed by atoms with Crippen molar-refractivity contribution >= 4 is 53.8 Å². The molecule has 5 rings (SSSR count). The van der Waals surface area contributed by atoms with Crippen molar-refractivity contribution in [1.82, 2.24) is 0 Å². The zero-order valence-electron chi connectivity index (χ0n) is 14.3. The predicted molar refractivity (Wildman–Crippen MR) is 117 cm³/mol. The molecule has 0 fully saturated rings. The molecule has 0 saturated heterocycles.